The van der Waals surface area contributed by atoms with Crippen molar-refractivity contribution in [3.8, 4) is 0 Å². The van der Waals surface area contributed by atoms with Gasteiger partial charge in [-0.05, 0) is 37.5 Å². The lowest BCUT2D eigenvalue weighted by Crippen LogP contribution is -2.51. The highest BCUT2D eigenvalue weighted by atomic mass is 19.4. The first kappa shape index (κ1) is 16.8. The number of morpholine rings is 1. The fourth-order valence-electron chi connectivity index (χ4n) is 3.20. The third-order valence-corrected chi connectivity index (χ3v) is 4.55. The molecular formula is C17H19F3N2O2. The zero-order valence-electron chi connectivity index (χ0n) is 13.8. The van der Waals surface area contributed by atoms with Crippen LogP contribution in [0.1, 0.15) is 27.2 Å². The van der Waals surface area contributed by atoms with Crippen LogP contribution in [0.4, 0.5) is 13.2 Å². The van der Waals surface area contributed by atoms with Crippen LogP contribution in [-0.4, -0.2) is 47.8 Å². The predicted molar refractivity (Wildman–Crippen MR) is 84.2 cm³/mol. The molecule has 1 aliphatic heterocycles. The van der Waals surface area contributed by atoms with Gasteiger partial charge in [-0.25, -0.2) is 0 Å². The number of alkyl halides is 3. The second-order valence-electron chi connectivity index (χ2n) is 6.23. The van der Waals surface area contributed by atoms with E-state index in [1.54, 1.807) is 0 Å². The molecule has 1 atom stereocenters. The minimum Gasteiger partial charge on any atom is -0.365 e. The first-order valence-electron chi connectivity index (χ1n) is 7.76. The van der Waals surface area contributed by atoms with Crippen molar-refractivity contribution < 1.29 is 22.7 Å². The van der Waals surface area contributed by atoms with E-state index >= 15 is 0 Å². The van der Waals surface area contributed by atoms with Gasteiger partial charge in [-0.3, -0.25) is 4.79 Å². The smallest absolute Gasteiger partial charge is 0.365 e. The number of amides is 1. The van der Waals surface area contributed by atoms with E-state index in [4.69, 9.17) is 4.74 Å². The number of carbonyl (C=O) groups is 1. The number of aromatic amines is 1. The van der Waals surface area contributed by atoms with Crippen LogP contribution in [0.15, 0.2) is 12.1 Å². The van der Waals surface area contributed by atoms with Crippen LogP contribution in [-0.2, 0) is 4.74 Å². The Morgan fingerprint density at radius 3 is 2.54 bits per heavy atom. The summed E-state index contributed by atoms with van der Waals surface area (Å²) < 4.78 is 43.3. The zero-order chi connectivity index (χ0) is 17.6. The molecule has 0 radical (unpaired) electrons. The normalized spacial score (nSPS) is 19.1. The summed E-state index contributed by atoms with van der Waals surface area (Å²) in [6, 6.07) is 3.93. The highest BCUT2D eigenvalue weighted by molar-refractivity contribution is 6.02. The standard InChI is InChI=1S/C17H19F3N2O2/c1-9-4-5-10(2)14-13(9)11(3)15(21-14)16(23)22-6-7-24-12(8-22)17(18,19)20/h4-5,12,21H,6-8H2,1-3H3/t12-/m0/s1. The molecule has 1 saturated heterocycles. The van der Waals surface area contributed by atoms with E-state index in [2.05, 4.69) is 4.98 Å². The fourth-order valence-corrected chi connectivity index (χ4v) is 3.20. The number of benzene rings is 1. The Balaban J connectivity index is 1.96. The number of H-pyrrole nitrogens is 1. The molecular weight excluding hydrogens is 321 g/mol. The average Bonchev–Trinajstić information content (AvgIpc) is 2.88. The molecule has 130 valence electrons. The summed E-state index contributed by atoms with van der Waals surface area (Å²) in [7, 11) is 0. The van der Waals surface area contributed by atoms with Gasteiger partial charge in [-0.1, -0.05) is 12.1 Å². The van der Waals surface area contributed by atoms with Gasteiger partial charge < -0.3 is 14.6 Å². The number of aryl methyl sites for hydroxylation is 3. The molecule has 4 nitrogen and oxygen atoms in total. The Hall–Kier alpha value is -2.02. The Bertz CT molecular complexity index is 795. The lowest BCUT2D eigenvalue weighted by atomic mass is 10.0. The van der Waals surface area contributed by atoms with Crippen molar-refractivity contribution >= 4 is 16.8 Å². The molecule has 0 unspecified atom stereocenters. The summed E-state index contributed by atoms with van der Waals surface area (Å²) in [6.45, 7) is 5.26. The summed E-state index contributed by atoms with van der Waals surface area (Å²) >= 11 is 0. The van der Waals surface area contributed by atoms with Crippen molar-refractivity contribution in [2.45, 2.75) is 33.1 Å². The van der Waals surface area contributed by atoms with E-state index < -0.39 is 24.7 Å². The largest absolute Gasteiger partial charge is 0.416 e. The molecule has 1 aliphatic rings. The van der Waals surface area contributed by atoms with Gasteiger partial charge in [-0.2, -0.15) is 13.2 Å². The zero-order valence-corrected chi connectivity index (χ0v) is 13.8. The van der Waals surface area contributed by atoms with Crippen molar-refractivity contribution in [3.63, 3.8) is 0 Å². The number of carbonyl (C=O) groups excluding carboxylic acids is 1. The molecule has 1 aromatic heterocycles. The Morgan fingerprint density at radius 1 is 1.25 bits per heavy atom. The molecule has 3 rings (SSSR count). The van der Waals surface area contributed by atoms with Gasteiger partial charge in [-0.15, -0.1) is 0 Å². The number of rotatable bonds is 1. The summed E-state index contributed by atoms with van der Waals surface area (Å²) in [6.07, 6.45) is -6.40. The number of ether oxygens (including phenoxy) is 1. The van der Waals surface area contributed by atoms with E-state index in [1.165, 1.54) is 4.90 Å². The predicted octanol–water partition coefficient (Wildman–Crippen LogP) is 3.50. The van der Waals surface area contributed by atoms with Crippen LogP contribution >= 0.6 is 0 Å². The summed E-state index contributed by atoms with van der Waals surface area (Å²) in [5.41, 5.74) is 4.00. The Morgan fingerprint density at radius 2 is 1.92 bits per heavy atom. The molecule has 0 bridgehead atoms. The maximum absolute atomic E-state index is 12.9. The maximum atomic E-state index is 12.9. The van der Waals surface area contributed by atoms with Crippen LogP contribution in [0.2, 0.25) is 0 Å². The van der Waals surface area contributed by atoms with Crippen molar-refractivity contribution in [1.82, 2.24) is 9.88 Å². The first-order valence-corrected chi connectivity index (χ1v) is 7.76. The molecule has 0 spiro atoms. The van der Waals surface area contributed by atoms with E-state index in [0.29, 0.717) is 5.69 Å². The number of aromatic nitrogens is 1. The minimum absolute atomic E-state index is 0.118. The topological polar surface area (TPSA) is 45.3 Å². The molecule has 24 heavy (non-hydrogen) atoms. The lowest BCUT2D eigenvalue weighted by Gasteiger charge is -2.33. The van der Waals surface area contributed by atoms with Crippen LogP contribution in [0.5, 0.6) is 0 Å². The second kappa shape index (κ2) is 5.81. The highest BCUT2D eigenvalue weighted by Crippen LogP contribution is 2.30. The van der Waals surface area contributed by atoms with Gasteiger partial charge in [0.15, 0.2) is 6.10 Å². The van der Waals surface area contributed by atoms with E-state index in [-0.39, 0.29) is 13.2 Å². The van der Waals surface area contributed by atoms with Gasteiger partial charge in [0.2, 0.25) is 0 Å². The van der Waals surface area contributed by atoms with Crippen LogP contribution in [0.3, 0.4) is 0 Å². The van der Waals surface area contributed by atoms with Crippen molar-refractivity contribution in [3.05, 3.63) is 34.5 Å². The molecule has 1 aromatic carbocycles. The Labute approximate surface area is 137 Å². The SMILES string of the molecule is Cc1ccc(C)c2c(C)c(C(=O)N3CCO[C@H](C(F)(F)F)C3)[nH]c12. The number of fused-ring (bicyclic) bond motifs is 1. The third-order valence-electron chi connectivity index (χ3n) is 4.55. The van der Waals surface area contributed by atoms with E-state index in [9.17, 15) is 18.0 Å². The molecule has 1 fully saturated rings. The third kappa shape index (κ3) is 2.77. The molecule has 1 amide bonds. The number of hydrogen-bond donors (Lipinski definition) is 1. The van der Waals surface area contributed by atoms with Gasteiger partial charge >= 0.3 is 6.18 Å². The highest BCUT2D eigenvalue weighted by Gasteiger charge is 2.44. The van der Waals surface area contributed by atoms with Crippen LogP contribution < -0.4 is 0 Å². The number of halogens is 3. The summed E-state index contributed by atoms with van der Waals surface area (Å²) in [4.78, 5) is 17.1. The van der Waals surface area contributed by atoms with Crippen LogP contribution in [0.25, 0.3) is 10.9 Å². The molecule has 0 saturated carbocycles. The molecule has 2 heterocycles. The van der Waals surface area contributed by atoms with E-state index in [0.717, 1.165) is 27.6 Å². The number of nitrogens with zero attached hydrogens (tertiary/aromatic N) is 1. The first-order chi connectivity index (χ1) is 11.2. The second-order valence-corrected chi connectivity index (χ2v) is 6.23. The minimum atomic E-state index is -4.47. The molecule has 7 heteroatoms. The van der Waals surface area contributed by atoms with Crippen molar-refractivity contribution in [2.24, 2.45) is 0 Å². The van der Waals surface area contributed by atoms with Gasteiger partial charge in [0.25, 0.3) is 5.91 Å². The fraction of sp³-hybridized carbons (Fsp3) is 0.471. The van der Waals surface area contributed by atoms with Gasteiger partial charge in [0, 0.05) is 17.4 Å². The Kier molecular flexibility index (Phi) is 4.07. The molecule has 0 aliphatic carbocycles. The lowest BCUT2D eigenvalue weighted by molar-refractivity contribution is -0.233. The summed E-state index contributed by atoms with van der Waals surface area (Å²) in [5.74, 6) is -0.417. The van der Waals surface area contributed by atoms with Crippen molar-refractivity contribution in [1.29, 1.82) is 0 Å². The quantitative estimate of drug-likeness (QED) is 0.864. The molecule has 2 aromatic rings. The maximum Gasteiger partial charge on any atom is 0.416 e. The average molecular weight is 340 g/mol. The monoisotopic (exact) mass is 340 g/mol. The van der Waals surface area contributed by atoms with E-state index in [1.807, 2.05) is 32.9 Å². The number of nitrogens with one attached hydrogen (secondary N) is 1. The van der Waals surface area contributed by atoms with Crippen molar-refractivity contribution in [2.75, 3.05) is 19.7 Å². The summed E-state index contributed by atoms with van der Waals surface area (Å²) in [5, 5.41) is 0.957. The van der Waals surface area contributed by atoms with Crippen LogP contribution in [0, 0.1) is 20.8 Å². The van der Waals surface area contributed by atoms with Gasteiger partial charge in [0.05, 0.1) is 13.2 Å². The van der Waals surface area contributed by atoms with Gasteiger partial charge in [0.1, 0.15) is 5.69 Å². The molecule has 1 N–H and O–H groups in total. The number of hydrogen-bond acceptors (Lipinski definition) is 2.